The van der Waals surface area contributed by atoms with Gasteiger partial charge in [-0.15, -0.1) is 0 Å². The second-order valence-corrected chi connectivity index (χ2v) is 3.68. The molecule has 0 aliphatic carbocycles. The molecule has 0 bridgehead atoms. The van der Waals surface area contributed by atoms with Gasteiger partial charge in [0.2, 0.25) is 0 Å². The van der Waals surface area contributed by atoms with Crippen LogP contribution in [0.4, 0.5) is 24.7 Å². The Morgan fingerprint density at radius 1 is 1.16 bits per heavy atom. The summed E-state index contributed by atoms with van der Waals surface area (Å²) in [6.45, 7) is 0. The highest BCUT2D eigenvalue weighted by molar-refractivity contribution is 6.04. The Bertz CT molecular complexity index is 623. The molecule has 7 heteroatoms. The van der Waals surface area contributed by atoms with E-state index in [1.54, 1.807) is 0 Å². The molecule has 98 valence electrons. The summed E-state index contributed by atoms with van der Waals surface area (Å²) in [5.74, 6) is -4.87. The van der Waals surface area contributed by atoms with Gasteiger partial charge in [0, 0.05) is 29.6 Å². The molecule has 0 unspecified atom stereocenters. The van der Waals surface area contributed by atoms with E-state index < -0.39 is 23.4 Å². The van der Waals surface area contributed by atoms with E-state index >= 15 is 0 Å². The smallest absolute Gasteiger partial charge is 0.255 e. The number of halogens is 3. The molecule has 4 nitrogen and oxygen atoms in total. The summed E-state index contributed by atoms with van der Waals surface area (Å²) in [7, 11) is 0. The number of carbonyl (C=O) groups excluding carboxylic acids is 1. The minimum Gasteiger partial charge on any atom is -0.384 e. The van der Waals surface area contributed by atoms with E-state index in [9.17, 15) is 18.0 Å². The third-order valence-electron chi connectivity index (χ3n) is 2.28. The number of anilines is 2. The van der Waals surface area contributed by atoms with E-state index in [0.717, 1.165) is 0 Å². The van der Waals surface area contributed by atoms with Gasteiger partial charge in [-0.25, -0.2) is 18.2 Å². The van der Waals surface area contributed by atoms with Gasteiger partial charge < -0.3 is 11.1 Å². The lowest BCUT2D eigenvalue weighted by Gasteiger charge is -2.06. The van der Waals surface area contributed by atoms with Crippen molar-refractivity contribution in [3.05, 3.63) is 53.5 Å². The van der Waals surface area contributed by atoms with E-state index in [4.69, 9.17) is 5.73 Å². The maximum Gasteiger partial charge on any atom is 0.255 e. The molecule has 2 rings (SSSR count). The van der Waals surface area contributed by atoms with E-state index in [2.05, 4.69) is 10.3 Å². The number of benzene rings is 1. The predicted molar refractivity (Wildman–Crippen MR) is 62.9 cm³/mol. The topological polar surface area (TPSA) is 68.0 Å². The number of aromatic nitrogens is 1. The lowest BCUT2D eigenvalue weighted by molar-refractivity contribution is 0.102. The van der Waals surface area contributed by atoms with Gasteiger partial charge in [-0.05, 0) is 12.1 Å². The van der Waals surface area contributed by atoms with Gasteiger partial charge in [0.25, 0.3) is 5.91 Å². The largest absolute Gasteiger partial charge is 0.384 e. The molecule has 0 saturated heterocycles. The third-order valence-corrected chi connectivity index (χ3v) is 2.28. The van der Waals surface area contributed by atoms with Crippen LogP contribution in [0, 0.1) is 17.5 Å². The van der Waals surface area contributed by atoms with E-state index in [-0.39, 0.29) is 17.1 Å². The predicted octanol–water partition coefficient (Wildman–Crippen LogP) is 2.33. The maximum absolute atomic E-state index is 13.0. The average Bonchev–Trinajstić information content (AvgIpc) is 2.36. The van der Waals surface area contributed by atoms with Crippen molar-refractivity contribution in [2.24, 2.45) is 0 Å². The van der Waals surface area contributed by atoms with Crippen molar-refractivity contribution in [1.82, 2.24) is 4.98 Å². The monoisotopic (exact) mass is 267 g/mol. The first kappa shape index (κ1) is 12.9. The lowest BCUT2D eigenvalue weighted by atomic mass is 10.2. The summed E-state index contributed by atoms with van der Waals surface area (Å²) in [5, 5.41) is 2.23. The van der Waals surface area contributed by atoms with Gasteiger partial charge in [-0.1, -0.05) is 0 Å². The Morgan fingerprint density at radius 2 is 1.79 bits per heavy atom. The fourth-order valence-electron chi connectivity index (χ4n) is 1.42. The Hall–Kier alpha value is -2.57. The number of nitrogens with zero attached hydrogens (tertiary/aromatic N) is 1. The average molecular weight is 267 g/mol. The van der Waals surface area contributed by atoms with Crippen LogP contribution in [0.2, 0.25) is 0 Å². The molecule has 1 heterocycles. The van der Waals surface area contributed by atoms with Crippen LogP contribution < -0.4 is 11.1 Å². The SMILES string of the molecule is Nc1cc(C(=O)Nc2cc(F)c(F)c(F)c2)ccn1. The molecule has 0 fully saturated rings. The Balaban J connectivity index is 2.24. The van der Waals surface area contributed by atoms with Crippen LogP contribution in [0.15, 0.2) is 30.5 Å². The summed E-state index contributed by atoms with van der Waals surface area (Å²) < 4.78 is 38.7. The fourth-order valence-corrected chi connectivity index (χ4v) is 1.42. The molecule has 3 N–H and O–H groups in total. The van der Waals surface area contributed by atoms with Crippen LogP contribution in [0.5, 0.6) is 0 Å². The molecular weight excluding hydrogens is 259 g/mol. The molecule has 1 amide bonds. The normalized spacial score (nSPS) is 10.3. The van der Waals surface area contributed by atoms with Crippen LogP contribution in [-0.4, -0.2) is 10.9 Å². The highest BCUT2D eigenvalue weighted by Crippen LogP contribution is 2.18. The maximum atomic E-state index is 13.0. The summed E-state index contributed by atoms with van der Waals surface area (Å²) in [4.78, 5) is 15.4. The Kier molecular flexibility index (Phi) is 3.37. The van der Waals surface area contributed by atoms with Crippen LogP contribution in [0.1, 0.15) is 10.4 Å². The molecule has 0 aliphatic rings. The van der Waals surface area contributed by atoms with Crippen molar-refractivity contribution < 1.29 is 18.0 Å². The van der Waals surface area contributed by atoms with Crippen molar-refractivity contribution in [3.63, 3.8) is 0 Å². The van der Waals surface area contributed by atoms with Gasteiger partial charge >= 0.3 is 0 Å². The summed E-state index contributed by atoms with van der Waals surface area (Å²) in [6, 6.07) is 4.04. The van der Waals surface area contributed by atoms with Crippen LogP contribution in [0.3, 0.4) is 0 Å². The fraction of sp³-hybridized carbons (Fsp3) is 0. The molecule has 0 spiro atoms. The van der Waals surface area contributed by atoms with Crippen LogP contribution in [0.25, 0.3) is 0 Å². The van der Waals surface area contributed by atoms with Gasteiger partial charge in [0.1, 0.15) is 5.82 Å². The number of nitrogens with two attached hydrogens (primary N) is 1. The number of pyridine rings is 1. The molecule has 1 aromatic carbocycles. The van der Waals surface area contributed by atoms with Crippen molar-refractivity contribution in [2.75, 3.05) is 11.1 Å². The molecule has 2 aromatic rings. The summed E-state index contributed by atoms with van der Waals surface area (Å²) in [5.41, 5.74) is 5.36. The van der Waals surface area contributed by atoms with Crippen molar-refractivity contribution >= 4 is 17.4 Å². The Morgan fingerprint density at radius 3 is 2.37 bits per heavy atom. The molecular formula is C12H8F3N3O. The molecule has 0 saturated carbocycles. The van der Waals surface area contributed by atoms with Gasteiger partial charge in [-0.3, -0.25) is 4.79 Å². The third kappa shape index (κ3) is 2.82. The quantitative estimate of drug-likeness (QED) is 0.820. The lowest BCUT2D eigenvalue weighted by Crippen LogP contribution is -2.13. The van der Waals surface area contributed by atoms with Crippen molar-refractivity contribution in [3.8, 4) is 0 Å². The van der Waals surface area contributed by atoms with Crippen molar-refractivity contribution in [1.29, 1.82) is 0 Å². The number of carbonyl (C=O) groups is 1. The standard InChI is InChI=1S/C12H8F3N3O/c13-8-4-7(5-9(14)11(8)15)18-12(19)6-1-2-17-10(16)3-6/h1-5H,(H2,16,17)(H,18,19). The zero-order chi connectivity index (χ0) is 14.0. The molecule has 0 aliphatic heterocycles. The van der Waals surface area contributed by atoms with Crippen LogP contribution >= 0.6 is 0 Å². The van der Waals surface area contributed by atoms with Gasteiger partial charge in [-0.2, -0.15) is 0 Å². The highest BCUT2D eigenvalue weighted by Gasteiger charge is 2.13. The number of nitrogens with one attached hydrogen (secondary N) is 1. The zero-order valence-corrected chi connectivity index (χ0v) is 9.45. The molecule has 0 radical (unpaired) electrons. The number of hydrogen-bond acceptors (Lipinski definition) is 3. The zero-order valence-electron chi connectivity index (χ0n) is 9.45. The first-order chi connectivity index (χ1) is 8.97. The highest BCUT2D eigenvalue weighted by atomic mass is 19.2. The second kappa shape index (κ2) is 4.97. The first-order valence-corrected chi connectivity index (χ1v) is 5.15. The number of rotatable bonds is 2. The summed E-state index contributed by atoms with van der Waals surface area (Å²) >= 11 is 0. The van der Waals surface area contributed by atoms with Crippen molar-refractivity contribution in [2.45, 2.75) is 0 Å². The van der Waals surface area contributed by atoms with Crippen LogP contribution in [-0.2, 0) is 0 Å². The minimum absolute atomic E-state index is 0.129. The molecule has 0 atom stereocenters. The van der Waals surface area contributed by atoms with E-state index in [0.29, 0.717) is 12.1 Å². The van der Waals surface area contributed by atoms with Gasteiger partial charge in [0.15, 0.2) is 17.5 Å². The number of amides is 1. The second-order valence-electron chi connectivity index (χ2n) is 3.68. The molecule has 19 heavy (non-hydrogen) atoms. The number of hydrogen-bond donors (Lipinski definition) is 2. The summed E-state index contributed by atoms with van der Waals surface area (Å²) in [6.07, 6.45) is 1.32. The van der Waals surface area contributed by atoms with Gasteiger partial charge in [0.05, 0.1) is 0 Å². The first-order valence-electron chi connectivity index (χ1n) is 5.15. The number of nitrogen functional groups attached to an aromatic ring is 1. The van der Waals surface area contributed by atoms with E-state index in [1.807, 2.05) is 0 Å². The minimum atomic E-state index is -1.59. The molecule has 1 aromatic heterocycles. The Labute approximate surface area is 106 Å². The van der Waals surface area contributed by atoms with E-state index in [1.165, 1.54) is 18.3 Å².